The highest BCUT2D eigenvalue weighted by atomic mass is 16.4. The lowest BCUT2D eigenvalue weighted by Gasteiger charge is -2.34. The first-order valence-electron chi connectivity index (χ1n) is 11.9. The van der Waals surface area contributed by atoms with Crippen molar-refractivity contribution in [2.75, 3.05) is 11.4 Å². The summed E-state index contributed by atoms with van der Waals surface area (Å²) in [6.45, 7) is 7.58. The van der Waals surface area contributed by atoms with Crippen molar-refractivity contribution < 1.29 is 18.8 Å². The van der Waals surface area contributed by atoms with Crippen LogP contribution in [-0.2, 0) is 14.4 Å². The summed E-state index contributed by atoms with van der Waals surface area (Å²) in [5, 5.41) is 3.41. The van der Waals surface area contributed by atoms with Gasteiger partial charge in [0.25, 0.3) is 0 Å². The van der Waals surface area contributed by atoms with Crippen molar-refractivity contribution in [2.24, 2.45) is 23.1 Å². The fourth-order valence-corrected chi connectivity index (χ4v) is 3.97. The molecule has 192 valence electrons. The van der Waals surface area contributed by atoms with E-state index in [9.17, 15) is 19.2 Å². The number of rotatable bonds is 12. The quantitative estimate of drug-likeness (QED) is 0.258. The smallest absolute Gasteiger partial charge is 0.336 e. The lowest BCUT2D eigenvalue weighted by molar-refractivity contribution is -0.129. The third-order valence-electron chi connectivity index (χ3n) is 5.76. The molecule has 0 aliphatic carbocycles. The fraction of sp³-hybridized carbons (Fsp3) is 0.520. The molecule has 2 rings (SSSR count). The van der Waals surface area contributed by atoms with Gasteiger partial charge in [-0.3, -0.25) is 19.3 Å². The zero-order valence-corrected chi connectivity index (χ0v) is 20.9. The average Bonchev–Trinajstić information content (AvgIpc) is 2.76. The van der Waals surface area contributed by atoms with Gasteiger partial charge in [0.1, 0.15) is 17.7 Å². The van der Waals surface area contributed by atoms with Crippen LogP contribution in [0.25, 0.3) is 11.0 Å². The Hall–Kier alpha value is -3.24. The minimum absolute atomic E-state index is 0.0562. The van der Waals surface area contributed by atoms with Gasteiger partial charge in [-0.2, -0.15) is 0 Å². The highest BCUT2D eigenvalue weighted by Crippen LogP contribution is 2.28. The van der Waals surface area contributed by atoms with Gasteiger partial charge >= 0.3 is 5.63 Å². The molecule has 10 nitrogen and oxygen atoms in total. The van der Waals surface area contributed by atoms with Crippen LogP contribution in [0.5, 0.6) is 0 Å². The van der Waals surface area contributed by atoms with Crippen LogP contribution in [0.3, 0.4) is 0 Å². The van der Waals surface area contributed by atoms with Crippen molar-refractivity contribution in [3.05, 3.63) is 40.2 Å². The molecule has 10 heteroatoms. The van der Waals surface area contributed by atoms with E-state index in [4.69, 9.17) is 21.6 Å². The van der Waals surface area contributed by atoms with Gasteiger partial charge in [-0.1, -0.05) is 13.8 Å². The molecule has 0 fully saturated rings. The number of hydrogen-bond acceptors (Lipinski definition) is 7. The minimum Gasteiger partial charge on any atom is -0.423 e. The lowest BCUT2D eigenvalue weighted by atomic mass is 9.99. The van der Waals surface area contributed by atoms with Gasteiger partial charge in [-0.15, -0.1) is 0 Å². The Morgan fingerprint density at radius 1 is 1.11 bits per heavy atom. The summed E-state index contributed by atoms with van der Waals surface area (Å²) >= 11 is 0. The molecule has 0 unspecified atom stereocenters. The first-order chi connectivity index (χ1) is 16.5. The van der Waals surface area contributed by atoms with Crippen LogP contribution in [0, 0.1) is 12.8 Å². The molecular weight excluding hydrogens is 450 g/mol. The molecule has 0 bridgehead atoms. The Balaban J connectivity index is 2.64. The molecule has 0 radical (unpaired) electrons. The van der Waals surface area contributed by atoms with E-state index < -0.39 is 41.5 Å². The summed E-state index contributed by atoms with van der Waals surface area (Å²) in [6, 6.07) is 3.56. The van der Waals surface area contributed by atoms with Gasteiger partial charge in [-0.25, -0.2) is 4.79 Å². The number of carbonyl (C=O) groups is 3. The van der Waals surface area contributed by atoms with E-state index >= 15 is 0 Å². The first-order valence-corrected chi connectivity index (χ1v) is 11.9. The van der Waals surface area contributed by atoms with E-state index in [1.165, 1.54) is 17.9 Å². The number of nitrogens with zero attached hydrogens (tertiary/aromatic N) is 1. The molecule has 0 aliphatic heterocycles. The van der Waals surface area contributed by atoms with E-state index in [0.717, 1.165) is 5.56 Å². The number of carbonyl (C=O) groups excluding carboxylic acids is 3. The first kappa shape index (κ1) is 28.0. The second-order valence-corrected chi connectivity index (χ2v) is 9.32. The summed E-state index contributed by atoms with van der Waals surface area (Å²) in [7, 11) is 0. The van der Waals surface area contributed by atoms with E-state index in [0.29, 0.717) is 36.9 Å². The molecular formula is C25H37N5O5. The number of nitrogens with two attached hydrogens (primary N) is 3. The number of nitrogens with one attached hydrogen (secondary N) is 1. The number of primary amides is 1. The minimum atomic E-state index is -0.995. The number of amides is 3. The second kappa shape index (κ2) is 12.5. The van der Waals surface area contributed by atoms with Gasteiger partial charge in [-0.05, 0) is 69.7 Å². The SMILES string of the molecule is Cc1cc(=O)oc2cc(N(C(=O)[C@H](CC(C)C)NC(=O)[C@@H](C)N)[C@@H](CCCCN)C(N)=O)ccc12. The lowest BCUT2D eigenvalue weighted by Crippen LogP contribution is -2.57. The summed E-state index contributed by atoms with van der Waals surface area (Å²) in [4.78, 5) is 52.2. The van der Waals surface area contributed by atoms with Crippen LogP contribution >= 0.6 is 0 Å². The van der Waals surface area contributed by atoms with Crippen LogP contribution in [-0.4, -0.2) is 42.4 Å². The average molecular weight is 488 g/mol. The normalized spacial score (nSPS) is 13.9. The molecule has 7 N–H and O–H groups in total. The largest absolute Gasteiger partial charge is 0.423 e. The molecule has 3 amide bonds. The van der Waals surface area contributed by atoms with Crippen molar-refractivity contribution in [2.45, 2.75) is 71.5 Å². The maximum absolute atomic E-state index is 13.9. The van der Waals surface area contributed by atoms with Crippen molar-refractivity contribution in [1.82, 2.24) is 5.32 Å². The number of fused-ring (bicyclic) bond motifs is 1. The van der Waals surface area contributed by atoms with Crippen molar-refractivity contribution in [3.8, 4) is 0 Å². The Kier molecular flexibility index (Phi) is 9.97. The van der Waals surface area contributed by atoms with E-state index in [1.807, 2.05) is 13.8 Å². The van der Waals surface area contributed by atoms with E-state index in [1.54, 1.807) is 25.1 Å². The zero-order chi connectivity index (χ0) is 26.3. The number of unbranched alkanes of at least 4 members (excludes halogenated alkanes) is 1. The van der Waals surface area contributed by atoms with Crippen LogP contribution < -0.4 is 33.0 Å². The Morgan fingerprint density at radius 3 is 2.37 bits per heavy atom. The standard InChI is InChI=1S/C25H37N5O5/c1-14(2)11-19(29-24(33)16(4)27)25(34)30(20(23(28)32)7-5-6-10-26)17-8-9-18-15(3)12-22(31)35-21(18)13-17/h8-9,12-14,16,19-20H,5-7,10-11,26-27H2,1-4H3,(H2,28,32)(H,29,33)/t16-,19+,20+/m1/s1. The van der Waals surface area contributed by atoms with Crippen molar-refractivity contribution >= 4 is 34.4 Å². The molecule has 35 heavy (non-hydrogen) atoms. The topological polar surface area (TPSA) is 175 Å². The van der Waals surface area contributed by atoms with Crippen LogP contribution in [0.1, 0.15) is 52.0 Å². The number of hydrogen-bond donors (Lipinski definition) is 4. The maximum atomic E-state index is 13.9. The van der Waals surface area contributed by atoms with Crippen molar-refractivity contribution in [1.29, 1.82) is 0 Å². The van der Waals surface area contributed by atoms with Crippen LogP contribution in [0.15, 0.2) is 33.5 Å². The molecule has 1 aromatic heterocycles. The predicted octanol–water partition coefficient (Wildman–Crippen LogP) is 1.30. The number of benzene rings is 1. The number of aryl methyl sites for hydroxylation is 1. The van der Waals surface area contributed by atoms with Gasteiger partial charge in [0.05, 0.1) is 6.04 Å². The predicted molar refractivity (Wildman–Crippen MR) is 136 cm³/mol. The highest BCUT2D eigenvalue weighted by molar-refractivity contribution is 6.05. The summed E-state index contributed by atoms with van der Waals surface area (Å²) in [5.41, 5.74) is 17.9. The van der Waals surface area contributed by atoms with Gasteiger partial charge in [0.2, 0.25) is 17.7 Å². The molecule has 2 aromatic rings. The summed E-state index contributed by atoms with van der Waals surface area (Å²) in [6.07, 6.45) is 1.82. The third-order valence-corrected chi connectivity index (χ3v) is 5.76. The fourth-order valence-electron chi connectivity index (χ4n) is 3.97. The third kappa shape index (κ3) is 7.37. The Labute approximate surface area is 205 Å². The van der Waals surface area contributed by atoms with E-state index in [2.05, 4.69) is 5.32 Å². The number of anilines is 1. The Bertz CT molecular complexity index is 1110. The van der Waals surface area contributed by atoms with E-state index in [-0.39, 0.29) is 17.9 Å². The molecule has 0 aliphatic rings. The summed E-state index contributed by atoms with van der Waals surface area (Å²) < 4.78 is 5.36. The van der Waals surface area contributed by atoms with Gasteiger partial charge in [0.15, 0.2) is 0 Å². The van der Waals surface area contributed by atoms with Crippen molar-refractivity contribution in [3.63, 3.8) is 0 Å². The Morgan fingerprint density at radius 2 is 1.80 bits per heavy atom. The monoisotopic (exact) mass is 487 g/mol. The second-order valence-electron chi connectivity index (χ2n) is 9.32. The highest BCUT2D eigenvalue weighted by Gasteiger charge is 2.35. The van der Waals surface area contributed by atoms with Gasteiger partial charge < -0.3 is 26.9 Å². The van der Waals surface area contributed by atoms with Gasteiger partial charge in [0, 0.05) is 23.2 Å². The summed E-state index contributed by atoms with van der Waals surface area (Å²) in [5.74, 6) is -1.62. The molecule has 0 spiro atoms. The molecule has 0 saturated heterocycles. The molecule has 0 saturated carbocycles. The molecule has 1 heterocycles. The molecule has 3 atom stereocenters. The van der Waals surface area contributed by atoms with Crippen LogP contribution in [0.4, 0.5) is 5.69 Å². The van der Waals surface area contributed by atoms with Crippen LogP contribution in [0.2, 0.25) is 0 Å². The maximum Gasteiger partial charge on any atom is 0.336 e. The molecule has 1 aromatic carbocycles. The zero-order valence-electron chi connectivity index (χ0n) is 20.9.